The number of ether oxygens (including phenoxy) is 3. The molecular weight excluding hydrogens is 318 g/mol. The van der Waals surface area contributed by atoms with Gasteiger partial charge in [-0.3, -0.25) is 4.99 Å². The highest BCUT2D eigenvalue weighted by Crippen LogP contribution is 2.27. The SMILES string of the molecule is CCNC(=NCCCCOCC)NCCc1ccc(OC)c(OC)c1. The first-order chi connectivity index (χ1) is 12.2. The number of hydrogen-bond donors (Lipinski definition) is 2. The van der Waals surface area contributed by atoms with Crippen molar-refractivity contribution in [3.8, 4) is 11.5 Å². The zero-order chi connectivity index (χ0) is 18.3. The van der Waals surface area contributed by atoms with Gasteiger partial charge in [0.15, 0.2) is 17.5 Å². The molecule has 0 amide bonds. The Morgan fingerprint density at radius 1 is 1.04 bits per heavy atom. The predicted molar refractivity (Wildman–Crippen MR) is 103 cm³/mol. The molecule has 142 valence electrons. The summed E-state index contributed by atoms with van der Waals surface area (Å²) in [6.45, 7) is 8.14. The van der Waals surface area contributed by atoms with E-state index in [-0.39, 0.29) is 0 Å². The molecule has 25 heavy (non-hydrogen) atoms. The van der Waals surface area contributed by atoms with Crippen LogP contribution in [0.5, 0.6) is 11.5 Å². The highest BCUT2D eigenvalue weighted by Gasteiger charge is 2.05. The van der Waals surface area contributed by atoms with Gasteiger partial charge in [-0.1, -0.05) is 6.07 Å². The summed E-state index contributed by atoms with van der Waals surface area (Å²) in [5.41, 5.74) is 1.19. The molecule has 0 aliphatic carbocycles. The van der Waals surface area contributed by atoms with Crippen LogP contribution < -0.4 is 20.1 Å². The number of aliphatic imine (C=N–C) groups is 1. The second-order valence-electron chi connectivity index (χ2n) is 5.53. The Kier molecular flexibility index (Phi) is 11.3. The standard InChI is InChI=1S/C19H33N3O3/c1-5-20-19(21-12-7-8-14-25-6-2)22-13-11-16-9-10-17(23-3)18(15-16)24-4/h9-10,15H,5-8,11-14H2,1-4H3,(H2,20,21,22). The smallest absolute Gasteiger partial charge is 0.191 e. The first-order valence-electron chi connectivity index (χ1n) is 9.05. The third kappa shape index (κ3) is 8.63. The average Bonchev–Trinajstić information content (AvgIpc) is 2.64. The fourth-order valence-corrected chi connectivity index (χ4v) is 2.35. The first kappa shape index (κ1) is 21.1. The summed E-state index contributed by atoms with van der Waals surface area (Å²) in [4.78, 5) is 4.60. The van der Waals surface area contributed by atoms with Crippen molar-refractivity contribution in [2.75, 3.05) is 47.1 Å². The van der Waals surface area contributed by atoms with Crippen molar-refractivity contribution in [3.63, 3.8) is 0 Å². The second-order valence-corrected chi connectivity index (χ2v) is 5.53. The molecule has 0 saturated carbocycles. The summed E-state index contributed by atoms with van der Waals surface area (Å²) in [5.74, 6) is 2.37. The van der Waals surface area contributed by atoms with Crippen molar-refractivity contribution >= 4 is 5.96 Å². The van der Waals surface area contributed by atoms with E-state index in [9.17, 15) is 0 Å². The van der Waals surface area contributed by atoms with Crippen molar-refractivity contribution < 1.29 is 14.2 Å². The van der Waals surface area contributed by atoms with E-state index in [0.29, 0.717) is 0 Å². The van der Waals surface area contributed by atoms with Gasteiger partial charge in [-0.25, -0.2) is 0 Å². The zero-order valence-corrected chi connectivity index (χ0v) is 16.1. The third-order valence-corrected chi connectivity index (χ3v) is 3.67. The van der Waals surface area contributed by atoms with Gasteiger partial charge >= 0.3 is 0 Å². The molecule has 0 aromatic heterocycles. The van der Waals surface area contributed by atoms with E-state index in [1.165, 1.54) is 5.56 Å². The van der Waals surface area contributed by atoms with Crippen LogP contribution in [0.3, 0.4) is 0 Å². The van der Waals surface area contributed by atoms with E-state index in [0.717, 1.165) is 69.6 Å². The van der Waals surface area contributed by atoms with Crippen LogP contribution in [0.4, 0.5) is 0 Å². The maximum atomic E-state index is 5.34. The molecule has 0 aliphatic heterocycles. The lowest BCUT2D eigenvalue weighted by atomic mass is 10.1. The first-order valence-corrected chi connectivity index (χ1v) is 9.05. The van der Waals surface area contributed by atoms with Gasteiger partial charge in [0.05, 0.1) is 14.2 Å². The molecule has 1 rings (SSSR count). The molecule has 0 atom stereocenters. The quantitative estimate of drug-likeness (QED) is 0.344. The highest BCUT2D eigenvalue weighted by atomic mass is 16.5. The lowest BCUT2D eigenvalue weighted by molar-refractivity contribution is 0.144. The number of nitrogens with one attached hydrogen (secondary N) is 2. The van der Waals surface area contributed by atoms with E-state index < -0.39 is 0 Å². The molecule has 0 bridgehead atoms. The fourth-order valence-electron chi connectivity index (χ4n) is 2.35. The van der Waals surface area contributed by atoms with Gasteiger partial charge in [-0.2, -0.15) is 0 Å². The minimum atomic E-state index is 0.751. The van der Waals surface area contributed by atoms with Gasteiger partial charge in [-0.15, -0.1) is 0 Å². The number of hydrogen-bond acceptors (Lipinski definition) is 4. The van der Waals surface area contributed by atoms with Crippen LogP contribution in [0.25, 0.3) is 0 Å². The highest BCUT2D eigenvalue weighted by molar-refractivity contribution is 5.79. The molecule has 0 fully saturated rings. The molecule has 0 saturated heterocycles. The Hall–Kier alpha value is -1.95. The van der Waals surface area contributed by atoms with Crippen molar-refractivity contribution in [1.29, 1.82) is 0 Å². The predicted octanol–water partition coefficient (Wildman–Crippen LogP) is 2.62. The van der Waals surface area contributed by atoms with Gasteiger partial charge in [0.25, 0.3) is 0 Å². The number of benzene rings is 1. The number of guanidine groups is 1. The molecule has 0 aliphatic rings. The molecular formula is C19H33N3O3. The Bertz CT molecular complexity index is 507. The molecule has 0 heterocycles. The maximum Gasteiger partial charge on any atom is 0.191 e. The fraction of sp³-hybridized carbons (Fsp3) is 0.632. The molecule has 0 unspecified atom stereocenters. The van der Waals surface area contributed by atoms with Crippen molar-refractivity contribution in [2.24, 2.45) is 4.99 Å². The number of methoxy groups -OCH3 is 2. The Balaban J connectivity index is 2.41. The summed E-state index contributed by atoms with van der Waals surface area (Å²) in [7, 11) is 3.30. The summed E-state index contributed by atoms with van der Waals surface area (Å²) >= 11 is 0. The summed E-state index contributed by atoms with van der Waals surface area (Å²) < 4.78 is 15.9. The second kappa shape index (κ2) is 13.4. The number of unbranched alkanes of at least 4 members (excludes halogenated alkanes) is 1. The lowest BCUT2D eigenvalue weighted by Crippen LogP contribution is -2.38. The number of rotatable bonds is 12. The van der Waals surface area contributed by atoms with Gasteiger partial charge in [0.2, 0.25) is 0 Å². The summed E-state index contributed by atoms with van der Waals surface area (Å²) in [5, 5.41) is 6.65. The Labute approximate surface area is 152 Å². The molecule has 6 heteroatoms. The van der Waals surface area contributed by atoms with E-state index in [1.807, 2.05) is 19.1 Å². The average molecular weight is 351 g/mol. The topological polar surface area (TPSA) is 64.1 Å². The summed E-state index contributed by atoms with van der Waals surface area (Å²) in [6, 6.07) is 6.00. The number of nitrogens with zero attached hydrogens (tertiary/aromatic N) is 1. The van der Waals surface area contributed by atoms with Crippen molar-refractivity contribution in [2.45, 2.75) is 33.1 Å². The van der Waals surface area contributed by atoms with Gasteiger partial charge in [-0.05, 0) is 50.8 Å². The van der Waals surface area contributed by atoms with Gasteiger partial charge < -0.3 is 24.8 Å². The van der Waals surface area contributed by atoms with Crippen LogP contribution in [0.1, 0.15) is 32.3 Å². The van der Waals surface area contributed by atoms with Crippen LogP contribution in [0.2, 0.25) is 0 Å². The van der Waals surface area contributed by atoms with Crippen molar-refractivity contribution in [1.82, 2.24) is 10.6 Å². The van der Waals surface area contributed by atoms with Crippen LogP contribution >= 0.6 is 0 Å². The minimum Gasteiger partial charge on any atom is -0.493 e. The molecule has 0 radical (unpaired) electrons. The Morgan fingerprint density at radius 3 is 2.52 bits per heavy atom. The van der Waals surface area contributed by atoms with Gasteiger partial charge in [0.1, 0.15) is 0 Å². The van der Waals surface area contributed by atoms with Crippen molar-refractivity contribution in [3.05, 3.63) is 23.8 Å². The Morgan fingerprint density at radius 2 is 1.84 bits per heavy atom. The monoisotopic (exact) mass is 351 g/mol. The normalized spacial score (nSPS) is 11.3. The maximum absolute atomic E-state index is 5.34. The van der Waals surface area contributed by atoms with Crippen LogP contribution in [-0.4, -0.2) is 53.0 Å². The largest absolute Gasteiger partial charge is 0.493 e. The molecule has 1 aromatic rings. The zero-order valence-electron chi connectivity index (χ0n) is 16.1. The minimum absolute atomic E-state index is 0.751. The lowest BCUT2D eigenvalue weighted by Gasteiger charge is -2.12. The summed E-state index contributed by atoms with van der Waals surface area (Å²) in [6.07, 6.45) is 2.96. The van der Waals surface area contributed by atoms with E-state index in [1.54, 1.807) is 14.2 Å². The van der Waals surface area contributed by atoms with Crippen LogP contribution in [-0.2, 0) is 11.2 Å². The van der Waals surface area contributed by atoms with E-state index >= 15 is 0 Å². The third-order valence-electron chi connectivity index (χ3n) is 3.67. The molecule has 2 N–H and O–H groups in total. The molecule has 6 nitrogen and oxygen atoms in total. The molecule has 0 spiro atoms. The molecule has 1 aromatic carbocycles. The van der Waals surface area contributed by atoms with Crippen LogP contribution in [0, 0.1) is 0 Å². The van der Waals surface area contributed by atoms with E-state index in [4.69, 9.17) is 14.2 Å². The van der Waals surface area contributed by atoms with E-state index in [2.05, 4.69) is 28.6 Å². The van der Waals surface area contributed by atoms with Gasteiger partial charge in [0, 0.05) is 32.8 Å². The van der Waals surface area contributed by atoms with Crippen LogP contribution in [0.15, 0.2) is 23.2 Å².